The van der Waals surface area contributed by atoms with Crippen LogP contribution in [0.3, 0.4) is 0 Å². The van der Waals surface area contributed by atoms with Gasteiger partial charge in [-0.25, -0.2) is 0 Å². The lowest BCUT2D eigenvalue weighted by Gasteiger charge is -2.30. The number of hydrogen-bond acceptors (Lipinski definition) is 9. The Kier molecular flexibility index (Phi) is 8.17. The van der Waals surface area contributed by atoms with Gasteiger partial charge in [0.1, 0.15) is 25.4 Å². The molecule has 154 valence electrons. The SMILES string of the molecule is CC(=O)NC(COC(C)=O)C1OC(C)(C)OC1C(COC(C)=O)OC(C)=O. The van der Waals surface area contributed by atoms with Crippen molar-refractivity contribution in [2.75, 3.05) is 13.2 Å². The lowest BCUT2D eigenvalue weighted by Crippen LogP contribution is -2.54. The standard InChI is InChI=1S/C17H27NO9/c1-9(19)18-13(7-23-10(2)20)15-16(27-17(5,6)26-15)14(25-12(4)22)8-24-11(3)21/h13-16H,7-8H2,1-6H3,(H,18,19). The van der Waals surface area contributed by atoms with Crippen LogP contribution in [0.15, 0.2) is 0 Å². The summed E-state index contributed by atoms with van der Waals surface area (Å²) in [5, 5.41) is 2.65. The van der Waals surface area contributed by atoms with Gasteiger partial charge in [-0.1, -0.05) is 0 Å². The van der Waals surface area contributed by atoms with Crippen LogP contribution in [0, 0.1) is 0 Å². The van der Waals surface area contributed by atoms with Gasteiger partial charge in [-0.2, -0.15) is 0 Å². The second kappa shape index (κ2) is 9.65. The molecule has 4 atom stereocenters. The summed E-state index contributed by atoms with van der Waals surface area (Å²) in [7, 11) is 0. The van der Waals surface area contributed by atoms with E-state index in [0.717, 1.165) is 0 Å². The van der Waals surface area contributed by atoms with Crippen molar-refractivity contribution in [1.82, 2.24) is 5.32 Å². The molecule has 0 bridgehead atoms. The van der Waals surface area contributed by atoms with E-state index in [1.807, 2.05) is 0 Å². The third-order valence-corrected chi connectivity index (χ3v) is 3.55. The zero-order chi connectivity index (χ0) is 20.8. The molecule has 0 aromatic carbocycles. The van der Waals surface area contributed by atoms with Gasteiger partial charge in [-0.05, 0) is 13.8 Å². The van der Waals surface area contributed by atoms with Crippen LogP contribution in [0.25, 0.3) is 0 Å². The van der Waals surface area contributed by atoms with Crippen molar-refractivity contribution in [3.8, 4) is 0 Å². The summed E-state index contributed by atoms with van der Waals surface area (Å²) in [5.74, 6) is -3.13. The Labute approximate surface area is 157 Å². The maximum atomic E-state index is 11.6. The predicted molar refractivity (Wildman–Crippen MR) is 90.2 cm³/mol. The first-order chi connectivity index (χ1) is 12.4. The fourth-order valence-electron chi connectivity index (χ4n) is 2.71. The Morgan fingerprint density at radius 1 is 0.889 bits per heavy atom. The van der Waals surface area contributed by atoms with Gasteiger partial charge in [0.2, 0.25) is 5.91 Å². The van der Waals surface area contributed by atoms with E-state index in [1.165, 1.54) is 27.7 Å². The smallest absolute Gasteiger partial charge is 0.303 e. The normalized spacial score (nSPS) is 23.0. The number of ether oxygens (including phenoxy) is 5. The summed E-state index contributed by atoms with van der Waals surface area (Å²) in [6, 6.07) is -0.770. The molecule has 10 nitrogen and oxygen atoms in total. The first-order valence-electron chi connectivity index (χ1n) is 8.48. The molecule has 0 aliphatic carbocycles. The van der Waals surface area contributed by atoms with Crippen LogP contribution in [0.1, 0.15) is 41.5 Å². The molecular formula is C17H27NO9. The second-order valence-corrected chi connectivity index (χ2v) is 6.62. The average Bonchev–Trinajstić information content (AvgIpc) is 2.82. The van der Waals surface area contributed by atoms with E-state index in [2.05, 4.69) is 5.32 Å². The predicted octanol–water partition coefficient (Wildman–Crippen LogP) is 0.0691. The first kappa shape index (κ1) is 22.8. The topological polar surface area (TPSA) is 126 Å². The number of nitrogens with one attached hydrogen (secondary N) is 1. The number of amides is 1. The molecule has 1 saturated heterocycles. The Bertz CT molecular complexity index is 527. The third kappa shape index (κ3) is 7.92. The largest absolute Gasteiger partial charge is 0.464 e. The van der Waals surface area contributed by atoms with Gasteiger partial charge in [0.15, 0.2) is 11.9 Å². The molecule has 1 fully saturated rings. The fraction of sp³-hybridized carbons (Fsp3) is 0.765. The molecule has 1 amide bonds. The Morgan fingerprint density at radius 3 is 1.89 bits per heavy atom. The molecule has 0 radical (unpaired) electrons. The highest BCUT2D eigenvalue weighted by atomic mass is 16.8. The molecule has 1 heterocycles. The average molecular weight is 389 g/mol. The van der Waals surface area contributed by atoms with E-state index < -0.39 is 48.0 Å². The quantitative estimate of drug-likeness (QED) is 0.453. The van der Waals surface area contributed by atoms with Crippen molar-refractivity contribution in [2.24, 2.45) is 0 Å². The number of hydrogen-bond donors (Lipinski definition) is 1. The number of esters is 3. The Hall–Kier alpha value is -2.20. The van der Waals surface area contributed by atoms with Crippen LogP contribution < -0.4 is 5.32 Å². The highest BCUT2D eigenvalue weighted by Gasteiger charge is 2.50. The lowest BCUT2D eigenvalue weighted by molar-refractivity contribution is -0.177. The highest BCUT2D eigenvalue weighted by Crippen LogP contribution is 2.33. The van der Waals surface area contributed by atoms with Gasteiger partial charge in [0.05, 0.1) is 6.04 Å². The summed E-state index contributed by atoms with van der Waals surface area (Å²) in [4.78, 5) is 45.4. The van der Waals surface area contributed by atoms with Crippen molar-refractivity contribution in [3.63, 3.8) is 0 Å². The molecule has 1 aliphatic rings. The zero-order valence-corrected chi connectivity index (χ0v) is 16.4. The summed E-state index contributed by atoms with van der Waals surface area (Å²) in [6.45, 7) is 7.84. The maximum Gasteiger partial charge on any atom is 0.303 e. The van der Waals surface area contributed by atoms with Crippen molar-refractivity contribution >= 4 is 23.8 Å². The molecule has 0 aromatic rings. The molecule has 0 aromatic heterocycles. The summed E-state index contributed by atoms with van der Waals surface area (Å²) < 4.78 is 26.9. The van der Waals surface area contributed by atoms with E-state index in [9.17, 15) is 19.2 Å². The zero-order valence-electron chi connectivity index (χ0n) is 16.4. The van der Waals surface area contributed by atoms with Crippen molar-refractivity contribution in [3.05, 3.63) is 0 Å². The number of rotatable bonds is 8. The second-order valence-electron chi connectivity index (χ2n) is 6.62. The van der Waals surface area contributed by atoms with Gasteiger partial charge in [0, 0.05) is 27.7 Å². The van der Waals surface area contributed by atoms with Crippen LogP contribution >= 0.6 is 0 Å². The van der Waals surface area contributed by atoms with Crippen molar-refractivity contribution in [1.29, 1.82) is 0 Å². The Balaban J connectivity index is 3.11. The minimum atomic E-state index is -1.07. The molecule has 1 aliphatic heterocycles. The van der Waals surface area contributed by atoms with Crippen LogP contribution in [0.4, 0.5) is 0 Å². The highest BCUT2D eigenvalue weighted by molar-refractivity contribution is 5.73. The molecule has 1 rings (SSSR count). The molecular weight excluding hydrogens is 362 g/mol. The van der Waals surface area contributed by atoms with Gasteiger partial charge in [0.25, 0.3) is 0 Å². The van der Waals surface area contributed by atoms with E-state index in [1.54, 1.807) is 13.8 Å². The molecule has 4 unspecified atom stereocenters. The monoisotopic (exact) mass is 389 g/mol. The van der Waals surface area contributed by atoms with Crippen molar-refractivity contribution < 1.29 is 42.9 Å². The van der Waals surface area contributed by atoms with Crippen LogP contribution in [-0.2, 0) is 42.9 Å². The van der Waals surface area contributed by atoms with E-state index >= 15 is 0 Å². The minimum absolute atomic E-state index is 0.171. The molecule has 0 saturated carbocycles. The number of carbonyl (C=O) groups is 4. The van der Waals surface area contributed by atoms with E-state index in [-0.39, 0.29) is 19.1 Å². The molecule has 10 heteroatoms. The van der Waals surface area contributed by atoms with E-state index in [4.69, 9.17) is 23.7 Å². The van der Waals surface area contributed by atoms with Crippen LogP contribution in [-0.4, -0.2) is 67.2 Å². The maximum absolute atomic E-state index is 11.6. The Morgan fingerprint density at radius 2 is 1.41 bits per heavy atom. The van der Waals surface area contributed by atoms with Gasteiger partial charge >= 0.3 is 17.9 Å². The third-order valence-electron chi connectivity index (χ3n) is 3.55. The van der Waals surface area contributed by atoms with Crippen LogP contribution in [0.5, 0.6) is 0 Å². The molecule has 27 heavy (non-hydrogen) atoms. The first-order valence-corrected chi connectivity index (χ1v) is 8.48. The number of carbonyl (C=O) groups excluding carboxylic acids is 4. The van der Waals surface area contributed by atoms with Gasteiger partial charge < -0.3 is 29.0 Å². The fourth-order valence-corrected chi connectivity index (χ4v) is 2.71. The summed E-state index contributed by atoms with van der Waals surface area (Å²) in [6.07, 6.45) is -2.69. The van der Waals surface area contributed by atoms with Crippen molar-refractivity contribution in [2.45, 2.75) is 71.7 Å². The van der Waals surface area contributed by atoms with Crippen LogP contribution in [0.2, 0.25) is 0 Å². The summed E-state index contributed by atoms with van der Waals surface area (Å²) in [5.41, 5.74) is 0. The molecule has 1 N–H and O–H groups in total. The molecule has 0 spiro atoms. The lowest BCUT2D eigenvalue weighted by atomic mass is 10.0. The van der Waals surface area contributed by atoms with Gasteiger partial charge in [-0.15, -0.1) is 0 Å². The van der Waals surface area contributed by atoms with E-state index in [0.29, 0.717) is 0 Å². The minimum Gasteiger partial charge on any atom is -0.464 e. The van der Waals surface area contributed by atoms with Gasteiger partial charge in [-0.3, -0.25) is 19.2 Å². The summed E-state index contributed by atoms with van der Waals surface area (Å²) >= 11 is 0.